The summed E-state index contributed by atoms with van der Waals surface area (Å²) in [5, 5.41) is 15.5. The second kappa shape index (κ2) is 5.00. The smallest absolute Gasteiger partial charge is 0.148 e. The van der Waals surface area contributed by atoms with Crippen LogP contribution >= 0.6 is 0 Å². The van der Waals surface area contributed by atoms with Gasteiger partial charge < -0.3 is 10.6 Å². The molecule has 2 aliphatic rings. The van der Waals surface area contributed by atoms with E-state index in [0.717, 1.165) is 18.9 Å². The predicted octanol–water partition coefficient (Wildman–Crippen LogP) is 1.91. The summed E-state index contributed by atoms with van der Waals surface area (Å²) in [6.45, 7) is 2.20. The molecule has 0 bridgehead atoms. The van der Waals surface area contributed by atoms with Crippen LogP contribution in [-0.4, -0.2) is 29.3 Å². The van der Waals surface area contributed by atoms with Gasteiger partial charge in [-0.3, -0.25) is 0 Å². The number of aromatic nitrogens is 2. The standard InChI is InChI=1S/C13H20N4/c1-2-10(3-1)12-4-5-13(17-16-12)15-11-6-8-14-9-7-11/h4-5,10-11,14H,1-3,6-9H2,(H,15,17). The van der Waals surface area contributed by atoms with Crippen LogP contribution < -0.4 is 10.6 Å². The van der Waals surface area contributed by atoms with Gasteiger partial charge in [-0.1, -0.05) is 6.42 Å². The first kappa shape index (κ1) is 11.0. The largest absolute Gasteiger partial charge is 0.366 e. The van der Waals surface area contributed by atoms with Crippen LogP contribution in [0.2, 0.25) is 0 Å². The lowest BCUT2D eigenvalue weighted by Crippen LogP contribution is -2.35. The monoisotopic (exact) mass is 232 g/mol. The Hall–Kier alpha value is -1.16. The van der Waals surface area contributed by atoms with Crippen LogP contribution in [0.5, 0.6) is 0 Å². The fourth-order valence-electron chi connectivity index (χ4n) is 2.52. The van der Waals surface area contributed by atoms with Crippen LogP contribution in [0.4, 0.5) is 5.82 Å². The number of hydrogen-bond acceptors (Lipinski definition) is 4. The van der Waals surface area contributed by atoms with Crippen molar-refractivity contribution in [2.45, 2.75) is 44.1 Å². The Bertz CT molecular complexity index is 352. The van der Waals surface area contributed by atoms with E-state index in [9.17, 15) is 0 Å². The number of piperidine rings is 1. The first-order valence-corrected chi connectivity index (χ1v) is 6.73. The van der Waals surface area contributed by atoms with Gasteiger partial charge in [0, 0.05) is 12.0 Å². The third-order valence-electron chi connectivity index (χ3n) is 3.90. The van der Waals surface area contributed by atoms with Gasteiger partial charge in [-0.05, 0) is 50.9 Å². The van der Waals surface area contributed by atoms with Crippen molar-refractivity contribution in [1.82, 2.24) is 15.5 Å². The zero-order valence-corrected chi connectivity index (χ0v) is 10.2. The van der Waals surface area contributed by atoms with E-state index in [1.54, 1.807) is 0 Å². The van der Waals surface area contributed by atoms with Crippen LogP contribution in [-0.2, 0) is 0 Å². The van der Waals surface area contributed by atoms with Gasteiger partial charge in [0.25, 0.3) is 0 Å². The van der Waals surface area contributed by atoms with E-state index in [1.807, 2.05) is 0 Å². The van der Waals surface area contributed by atoms with Crippen molar-refractivity contribution < 1.29 is 0 Å². The Morgan fingerprint density at radius 2 is 1.88 bits per heavy atom. The van der Waals surface area contributed by atoms with E-state index in [2.05, 4.69) is 33.0 Å². The second-order valence-electron chi connectivity index (χ2n) is 5.14. The molecule has 1 saturated heterocycles. The van der Waals surface area contributed by atoms with Crippen LogP contribution in [0.25, 0.3) is 0 Å². The molecule has 0 atom stereocenters. The summed E-state index contributed by atoms with van der Waals surface area (Å²) in [7, 11) is 0. The van der Waals surface area contributed by atoms with Crippen molar-refractivity contribution in [3.8, 4) is 0 Å². The summed E-state index contributed by atoms with van der Waals surface area (Å²) < 4.78 is 0. The minimum Gasteiger partial charge on any atom is -0.366 e. The molecule has 0 amide bonds. The zero-order chi connectivity index (χ0) is 11.5. The molecule has 1 saturated carbocycles. The molecule has 92 valence electrons. The van der Waals surface area contributed by atoms with E-state index in [-0.39, 0.29) is 0 Å². The molecular weight excluding hydrogens is 212 g/mol. The quantitative estimate of drug-likeness (QED) is 0.836. The summed E-state index contributed by atoms with van der Waals surface area (Å²) in [4.78, 5) is 0. The molecular formula is C13H20N4. The number of nitrogens with one attached hydrogen (secondary N) is 2. The molecule has 0 radical (unpaired) electrons. The maximum absolute atomic E-state index is 4.34. The van der Waals surface area contributed by atoms with Gasteiger partial charge >= 0.3 is 0 Å². The highest BCUT2D eigenvalue weighted by molar-refractivity contribution is 5.35. The molecule has 1 aliphatic carbocycles. The molecule has 0 unspecified atom stereocenters. The molecule has 1 aliphatic heterocycles. The summed E-state index contributed by atoms with van der Waals surface area (Å²) in [6, 6.07) is 4.78. The fraction of sp³-hybridized carbons (Fsp3) is 0.692. The predicted molar refractivity (Wildman–Crippen MR) is 68.1 cm³/mol. The maximum Gasteiger partial charge on any atom is 0.148 e. The molecule has 0 aromatic carbocycles. The molecule has 4 heteroatoms. The summed E-state index contributed by atoms with van der Waals surface area (Å²) >= 11 is 0. The van der Waals surface area contributed by atoms with E-state index in [4.69, 9.17) is 0 Å². The summed E-state index contributed by atoms with van der Waals surface area (Å²) in [6.07, 6.45) is 6.27. The van der Waals surface area contributed by atoms with Gasteiger partial charge in [-0.15, -0.1) is 5.10 Å². The second-order valence-corrected chi connectivity index (χ2v) is 5.14. The van der Waals surface area contributed by atoms with Crippen molar-refractivity contribution in [2.24, 2.45) is 0 Å². The highest BCUT2D eigenvalue weighted by atomic mass is 15.2. The fourth-order valence-corrected chi connectivity index (χ4v) is 2.52. The molecule has 3 rings (SSSR count). The average Bonchev–Trinajstić information content (AvgIpc) is 2.31. The normalized spacial score (nSPS) is 22.1. The SMILES string of the molecule is c1cc(C2CCC2)nnc1NC1CCNCC1. The topological polar surface area (TPSA) is 49.8 Å². The van der Waals surface area contributed by atoms with Gasteiger partial charge in [0.1, 0.15) is 5.82 Å². The average molecular weight is 232 g/mol. The lowest BCUT2D eigenvalue weighted by atomic mass is 9.83. The zero-order valence-electron chi connectivity index (χ0n) is 10.2. The minimum absolute atomic E-state index is 0.556. The number of hydrogen-bond donors (Lipinski definition) is 2. The molecule has 4 nitrogen and oxygen atoms in total. The first-order valence-electron chi connectivity index (χ1n) is 6.73. The van der Waals surface area contributed by atoms with Crippen LogP contribution in [0.3, 0.4) is 0 Å². The van der Waals surface area contributed by atoms with Crippen LogP contribution in [0.15, 0.2) is 12.1 Å². The van der Waals surface area contributed by atoms with Crippen LogP contribution in [0.1, 0.15) is 43.7 Å². The van der Waals surface area contributed by atoms with Crippen molar-refractivity contribution >= 4 is 5.82 Å². The molecule has 17 heavy (non-hydrogen) atoms. The van der Waals surface area contributed by atoms with Gasteiger partial charge in [0.05, 0.1) is 5.69 Å². The van der Waals surface area contributed by atoms with E-state index in [0.29, 0.717) is 12.0 Å². The Kier molecular flexibility index (Phi) is 3.22. The number of nitrogens with zero attached hydrogens (tertiary/aromatic N) is 2. The Morgan fingerprint density at radius 1 is 1.06 bits per heavy atom. The molecule has 2 N–H and O–H groups in total. The lowest BCUT2D eigenvalue weighted by Gasteiger charge is -2.25. The lowest BCUT2D eigenvalue weighted by molar-refractivity contribution is 0.408. The Balaban J connectivity index is 1.59. The first-order chi connectivity index (χ1) is 8.42. The van der Waals surface area contributed by atoms with Gasteiger partial charge in [0.15, 0.2) is 0 Å². The maximum atomic E-state index is 4.34. The third-order valence-corrected chi connectivity index (χ3v) is 3.90. The molecule has 2 fully saturated rings. The van der Waals surface area contributed by atoms with E-state index >= 15 is 0 Å². The van der Waals surface area contributed by atoms with Crippen molar-refractivity contribution in [3.05, 3.63) is 17.8 Å². The number of rotatable bonds is 3. The van der Waals surface area contributed by atoms with E-state index < -0.39 is 0 Å². The van der Waals surface area contributed by atoms with Gasteiger partial charge in [-0.2, -0.15) is 5.10 Å². The van der Waals surface area contributed by atoms with Crippen molar-refractivity contribution in [2.75, 3.05) is 18.4 Å². The Morgan fingerprint density at radius 3 is 2.47 bits per heavy atom. The van der Waals surface area contributed by atoms with E-state index in [1.165, 1.54) is 37.8 Å². The van der Waals surface area contributed by atoms with Crippen molar-refractivity contribution in [1.29, 1.82) is 0 Å². The molecule has 1 aromatic heterocycles. The van der Waals surface area contributed by atoms with Gasteiger partial charge in [0.2, 0.25) is 0 Å². The Labute approximate surface area is 102 Å². The number of anilines is 1. The highest BCUT2D eigenvalue weighted by Crippen LogP contribution is 2.34. The molecule has 0 spiro atoms. The summed E-state index contributed by atoms with van der Waals surface area (Å²) in [5.41, 5.74) is 1.17. The molecule has 2 heterocycles. The molecule has 1 aromatic rings. The van der Waals surface area contributed by atoms with Gasteiger partial charge in [-0.25, -0.2) is 0 Å². The highest BCUT2D eigenvalue weighted by Gasteiger charge is 2.21. The van der Waals surface area contributed by atoms with Crippen molar-refractivity contribution in [3.63, 3.8) is 0 Å². The summed E-state index contributed by atoms with van der Waals surface area (Å²) in [5.74, 6) is 1.61. The third kappa shape index (κ3) is 2.57. The van der Waals surface area contributed by atoms with Crippen LogP contribution in [0, 0.1) is 0 Å². The minimum atomic E-state index is 0.556.